The molecule has 162 valence electrons. The fraction of sp³-hybridized carbons (Fsp3) is 0.650. The van der Waals surface area contributed by atoms with Crippen LogP contribution in [0.1, 0.15) is 37.3 Å². The molecular formula is C20H31ClN4O3S. The molecule has 0 aromatic heterocycles. The summed E-state index contributed by atoms with van der Waals surface area (Å²) in [6, 6.07) is 7.76. The zero-order chi connectivity index (χ0) is 20.9. The summed E-state index contributed by atoms with van der Waals surface area (Å²) in [4.78, 5) is 17.0. The van der Waals surface area contributed by atoms with E-state index in [0.717, 1.165) is 55.9 Å². The van der Waals surface area contributed by atoms with Gasteiger partial charge in [-0.1, -0.05) is 29.8 Å². The van der Waals surface area contributed by atoms with Gasteiger partial charge in [-0.2, -0.15) is 0 Å². The summed E-state index contributed by atoms with van der Waals surface area (Å²) >= 11 is 6.43. The lowest BCUT2D eigenvalue weighted by atomic mass is 10.1. The predicted octanol–water partition coefficient (Wildman–Crippen LogP) is 1.61. The lowest BCUT2D eigenvalue weighted by molar-refractivity contribution is -0.122. The molecule has 2 unspecified atom stereocenters. The summed E-state index contributed by atoms with van der Waals surface area (Å²) in [6.07, 6.45) is 5.17. The first-order chi connectivity index (χ1) is 13.8. The molecule has 1 aromatic carbocycles. The molecule has 1 aromatic rings. The Balaban J connectivity index is 1.55. The van der Waals surface area contributed by atoms with Crippen LogP contribution in [0.25, 0.3) is 0 Å². The Labute approximate surface area is 178 Å². The molecule has 2 N–H and O–H groups in total. The van der Waals surface area contributed by atoms with E-state index in [1.807, 2.05) is 29.2 Å². The SMILES string of the molecule is CS(=O)(=O)NC1CCCN(CC(=O)NCC(c2ccccc2Cl)N2CCCC2)C1. The topological polar surface area (TPSA) is 81.8 Å². The van der Waals surface area contributed by atoms with E-state index in [4.69, 9.17) is 11.6 Å². The summed E-state index contributed by atoms with van der Waals surface area (Å²) in [5, 5.41) is 3.80. The number of benzene rings is 1. The summed E-state index contributed by atoms with van der Waals surface area (Å²) in [6.45, 7) is 4.17. The van der Waals surface area contributed by atoms with E-state index in [-0.39, 0.29) is 24.5 Å². The second-order valence-electron chi connectivity index (χ2n) is 8.05. The number of hydrogen-bond acceptors (Lipinski definition) is 5. The Kier molecular flexibility index (Phi) is 7.92. The number of piperidine rings is 1. The van der Waals surface area contributed by atoms with Crippen molar-refractivity contribution in [2.75, 3.05) is 45.5 Å². The molecule has 3 rings (SSSR count). The molecule has 2 aliphatic heterocycles. The van der Waals surface area contributed by atoms with Crippen molar-refractivity contribution in [2.24, 2.45) is 0 Å². The summed E-state index contributed by atoms with van der Waals surface area (Å²) < 4.78 is 25.6. The quantitative estimate of drug-likeness (QED) is 0.639. The van der Waals surface area contributed by atoms with Crippen LogP contribution in [0.3, 0.4) is 0 Å². The normalized spacial score (nSPS) is 22.5. The number of nitrogens with zero attached hydrogens (tertiary/aromatic N) is 2. The van der Waals surface area contributed by atoms with Crippen LogP contribution in [0.4, 0.5) is 0 Å². The maximum absolute atomic E-state index is 12.6. The molecule has 0 aliphatic carbocycles. The lowest BCUT2D eigenvalue weighted by Gasteiger charge is -2.33. The molecule has 0 radical (unpaired) electrons. The van der Waals surface area contributed by atoms with Crippen molar-refractivity contribution < 1.29 is 13.2 Å². The van der Waals surface area contributed by atoms with Gasteiger partial charge >= 0.3 is 0 Å². The summed E-state index contributed by atoms with van der Waals surface area (Å²) in [5.41, 5.74) is 1.05. The second kappa shape index (κ2) is 10.2. The van der Waals surface area contributed by atoms with Crippen molar-refractivity contribution in [3.05, 3.63) is 34.9 Å². The van der Waals surface area contributed by atoms with Crippen LogP contribution in [-0.2, 0) is 14.8 Å². The number of nitrogens with one attached hydrogen (secondary N) is 2. The number of hydrogen-bond donors (Lipinski definition) is 2. The highest BCUT2D eigenvalue weighted by Gasteiger charge is 2.27. The van der Waals surface area contributed by atoms with Crippen LogP contribution < -0.4 is 10.0 Å². The van der Waals surface area contributed by atoms with Crippen LogP contribution >= 0.6 is 11.6 Å². The molecular weight excluding hydrogens is 412 g/mol. The van der Waals surface area contributed by atoms with E-state index < -0.39 is 10.0 Å². The average molecular weight is 443 g/mol. The van der Waals surface area contributed by atoms with Crippen molar-refractivity contribution in [1.82, 2.24) is 19.8 Å². The Morgan fingerprint density at radius 1 is 1.21 bits per heavy atom. The van der Waals surface area contributed by atoms with Gasteiger partial charge in [-0.15, -0.1) is 0 Å². The zero-order valence-corrected chi connectivity index (χ0v) is 18.5. The van der Waals surface area contributed by atoms with Gasteiger partial charge in [-0.25, -0.2) is 13.1 Å². The highest BCUT2D eigenvalue weighted by atomic mass is 35.5. The number of likely N-dealkylation sites (tertiary alicyclic amines) is 2. The summed E-state index contributed by atoms with van der Waals surface area (Å²) in [5.74, 6) is -0.0405. The monoisotopic (exact) mass is 442 g/mol. The molecule has 2 heterocycles. The molecule has 0 saturated carbocycles. The van der Waals surface area contributed by atoms with Crippen LogP contribution in [0.5, 0.6) is 0 Å². The van der Waals surface area contributed by atoms with Gasteiger partial charge < -0.3 is 5.32 Å². The lowest BCUT2D eigenvalue weighted by Crippen LogP contribution is -2.50. The number of carbonyl (C=O) groups excluding carboxylic acids is 1. The molecule has 1 amide bonds. The number of amides is 1. The maximum atomic E-state index is 12.6. The third-order valence-corrected chi connectivity index (χ3v) is 6.70. The van der Waals surface area contributed by atoms with Crippen molar-refractivity contribution in [3.63, 3.8) is 0 Å². The first kappa shape index (κ1) is 22.5. The highest BCUT2D eigenvalue weighted by molar-refractivity contribution is 7.88. The molecule has 7 nitrogen and oxygen atoms in total. The first-order valence-electron chi connectivity index (χ1n) is 10.3. The largest absolute Gasteiger partial charge is 0.353 e. The van der Waals surface area contributed by atoms with E-state index in [1.165, 1.54) is 6.26 Å². The van der Waals surface area contributed by atoms with Crippen LogP contribution in [0.2, 0.25) is 5.02 Å². The number of sulfonamides is 1. The Bertz CT molecular complexity index is 799. The average Bonchev–Trinajstić information content (AvgIpc) is 3.16. The van der Waals surface area contributed by atoms with Gasteiger partial charge in [0.15, 0.2) is 0 Å². The van der Waals surface area contributed by atoms with E-state index in [0.29, 0.717) is 13.1 Å². The smallest absolute Gasteiger partial charge is 0.234 e. The van der Waals surface area contributed by atoms with Crippen LogP contribution in [0, 0.1) is 0 Å². The predicted molar refractivity (Wildman–Crippen MR) is 115 cm³/mol. The molecule has 2 aliphatic rings. The minimum atomic E-state index is -3.24. The molecule has 9 heteroatoms. The zero-order valence-electron chi connectivity index (χ0n) is 16.9. The Hall–Kier alpha value is -1.19. The molecule has 2 atom stereocenters. The molecule has 2 saturated heterocycles. The maximum Gasteiger partial charge on any atom is 0.234 e. The van der Waals surface area contributed by atoms with Crippen LogP contribution in [-0.4, -0.2) is 75.7 Å². The van der Waals surface area contributed by atoms with Gasteiger partial charge in [0.1, 0.15) is 0 Å². The van der Waals surface area contributed by atoms with E-state index in [1.54, 1.807) is 0 Å². The van der Waals surface area contributed by atoms with Crippen molar-refractivity contribution >= 4 is 27.5 Å². The van der Waals surface area contributed by atoms with Gasteiger partial charge in [-0.3, -0.25) is 14.6 Å². The fourth-order valence-corrected chi connectivity index (χ4v) is 5.36. The Morgan fingerprint density at radius 3 is 2.62 bits per heavy atom. The molecule has 29 heavy (non-hydrogen) atoms. The number of halogens is 1. The molecule has 0 bridgehead atoms. The van der Waals surface area contributed by atoms with Gasteiger partial charge in [0.25, 0.3) is 0 Å². The number of carbonyl (C=O) groups is 1. The van der Waals surface area contributed by atoms with E-state index >= 15 is 0 Å². The van der Waals surface area contributed by atoms with Gasteiger partial charge in [-0.05, 0) is 56.9 Å². The standard InChI is InChI=1S/C20H31ClN4O3S/c1-29(27,28)23-16-7-6-10-24(14-16)15-20(26)22-13-19(25-11-4-5-12-25)17-8-2-3-9-18(17)21/h2-3,8-9,16,19,23H,4-7,10-15H2,1H3,(H,22,26). The minimum absolute atomic E-state index is 0.0405. The fourth-order valence-electron chi connectivity index (χ4n) is 4.30. The second-order valence-corrected chi connectivity index (χ2v) is 10.2. The van der Waals surface area contributed by atoms with E-state index in [9.17, 15) is 13.2 Å². The van der Waals surface area contributed by atoms with Crippen molar-refractivity contribution in [2.45, 2.75) is 37.8 Å². The number of rotatable bonds is 8. The third kappa shape index (κ3) is 6.93. The van der Waals surface area contributed by atoms with Crippen molar-refractivity contribution in [3.8, 4) is 0 Å². The van der Waals surface area contributed by atoms with Crippen LogP contribution in [0.15, 0.2) is 24.3 Å². The first-order valence-corrected chi connectivity index (χ1v) is 12.5. The van der Waals surface area contributed by atoms with Gasteiger partial charge in [0, 0.05) is 24.2 Å². The van der Waals surface area contributed by atoms with E-state index in [2.05, 4.69) is 14.9 Å². The minimum Gasteiger partial charge on any atom is -0.353 e. The Morgan fingerprint density at radius 2 is 1.93 bits per heavy atom. The van der Waals surface area contributed by atoms with Gasteiger partial charge in [0.05, 0.1) is 18.8 Å². The van der Waals surface area contributed by atoms with Gasteiger partial charge in [0.2, 0.25) is 15.9 Å². The highest BCUT2D eigenvalue weighted by Crippen LogP contribution is 2.29. The third-order valence-electron chi connectivity index (χ3n) is 5.59. The molecule has 2 fully saturated rings. The molecule has 0 spiro atoms. The van der Waals surface area contributed by atoms with Crippen molar-refractivity contribution in [1.29, 1.82) is 0 Å². The summed E-state index contributed by atoms with van der Waals surface area (Å²) in [7, 11) is -3.24.